The average molecular weight is 220 g/mol. The van der Waals surface area contributed by atoms with E-state index in [-0.39, 0.29) is 0 Å². The van der Waals surface area contributed by atoms with Crippen LogP contribution in [0, 0.1) is 0 Å². The average Bonchev–Trinajstić information content (AvgIpc) is 2.30. The Labute approximate surface area is 99.2 Å². The summed E-state index contributed by atoms with van der Waals surface area (Å²) in [5.74, 6) is 0. The molecule has 1 aromatic rings. The third-order valence-corrected chi connectivity index (χ3v) is 2.83. The molecule has 16 heavy (non-hydrogen) atoms. The molecule has 2 heteroatoms. The van der Waals surface area contributed by atoms with Crippen LogP contribution in [0.15, 0.2) is 30.3 Å². The highest BCUT2D eigenvalue weighted by Gasteiger charge is 1.98. The van der Waals surface area contributed by atoms with Crippen LogP contribution < -0.4 is 11.1 Å². The maximum Gasteiger partial charge on any atom is 0.00507 e. The van der Waals surface area contributed by atoms with E-state index < -0.39 is 0 Å². The molecule has 0 spiro atoms. The predicted molar refractivity (Wildman–Crippen MR) is 70.5 cm³/mol. The number of aryl methyl sites for hydroxylation is 1. The van der Waals surface area contributed by atoms with Gasteiger partial charge in [0, 0.05) is 6.04 Å². The number of unbranched alkanes of at least 4 members (excludes halogenated alkanes) is 1. The molecule has 90 valence electrons. The molecule has 0 heterocycles. The van der Waals surface area contributed by atoms with Crippen LogP contribution in [-0.2, 0) is 6.42 Å². The lowest BCUT2D eigenvalue weighted by Crippen LogP contribution is -2.29. The number of nitrogens with one attached hydrogen (secondary N) is 1. The monoisotopic (exact) mass is 220 g/mol. The number of benzene rings is 1. The Morgan fingerprint density at radius 2 is 1.94 bits per heavy atom. The van der Waals surface area contributed by atoms with Crippen LogP contribution in [0.3, 0.4) is 0 Å². The van der Waals surface area contributed by atoms with Crippen molar-refractivity contribution < 1.29 is 0 Å². The van der Waals surface area contributed by atoms with Gasteiger partial charge in [-0.05, 0) is 51.3 Å². The SMILES string of the molecule is CC(CCN)NCCCCc1ccccc1. The number of rotatable bonds is 8. The van der Waals surface area contributed by atoms with Crippen LogP contribution in [0.25, 0.3) is 0 Å². The van der Waals surface area contributed by atoms with E-state index in [1.54, 1.807) is 0 Å². The van der Waals surface area contributed by atoms with Gasteiger partial charge in [-0.2, -0.15) is 0 Å². The number of hydrogen-bond donors (Lipinski definition) is 2. The summed E-state index contributed by atoms with van der Waals surface area (Å²) < 4.78 is 0. The minimum Gasteiger partial charge on any atom is -0.330 e. The Bertz CT molecular complexity index is 259. The van der Waals surface area contributed by atoms with Crippen molar-refractivity contribution >= 4 is 0 Å². The molecule has 0 fully saturated rings. The molecule has 1 aromatic carbocycles. The molecule has 2 nitrogen and oxygen atoms in total. The Kier molecular flexibility index (Phi) is 6.86. The van der Waals surface area contributed by atoms with Gasteiger partial charge >= 0.3 is 0 Å². The molecule has 0 aliphatic carbocycles. The molecule has 1 atom stereocenters. The van der Waals surface area contributed by atoms with E-state index in [2.05, 4.69) is 42.6 Å². The lowest BCUT2D eigenvalue weighted by atomic mass is 10.1. The van der Waals surface area contributed by atoms with Crippen molar-refractivity contribution in [3.05, 3.63) is 35.9 Å². The first-order chi connectivity index (χ1) is 7.83. The predicted octanol–water partition coefficient (Wildman–Crippen LogP) is 2.34. The van der Waals surface area contributed by atoms with Gasteiger partial charge in [-0.25, -0.2) is 0 Å². The smallest absolute Gasteiger partial charge is 0.00507 e. The second-order valence-corrected chi connectivity index (χ2v) is 4.38. The summed E-state index contributed by atoms with van der Waals surface area (Å²) in [5, 5.41) is 3.49. The normalized spacial score (nSPS) is 12.6. The molecular weight excluding hydrogens is 196 g/mol. The summed E-state index contributed by atoms with van der Waals surface area (Å²) in [6.07, 6.45) is 4.75. The summed E-state index contributed by atoms with van der Waals surface area (Å²) in [6, 6.07) is 11.2. The van der Waals surface area contributed by atoms with Crippen molar-refractivity contribution in [1.82, 2.24) is 5.32 Å². The van der Waals surface area contributed by atoms with Crippen LogP contribution in [0.2, 0.25) is 0 Å². The van der Waals surface area contributed by atoms with Crippen LogP contribution in [0.1, 0.15) is 31.7 Å². The van der Waals surface area contributed by atoms with E-state index >= 15 is 0 Å². The molecule has 3 N–H and O–H groups in total. The van der Waals surface area contributed by atoms with Crippen molar-refractivity contribution in [3.63, 3.8) is 0 Å². The van der Waals surface area contributed by atoms with Gasteiger partial charge in [0.15, 0.2) is 0 Å². The first-order valence-electron chi connectivity index (χ1n) is 6.30. The number of hydrogen-bond acceptors (Lipinski definition) is 2. The van der Waals surface area contributed by atoms with Crippen LogP contribution in [0.5, 0.6) is 0 Å². The molecule has 0 radical (unpaired) electrons. The third kappa shape index (κ3) is 5.89. The van der Waals surface area contributed by atoms with Crippen molar-refractivity contribution in [2.24, 2.45) is 5.73 Å². The summed E-state index contributed by atoms with van der Waals surface area (Å²) in [7, 11) is 0. The Hall–Kier alpha value is -0.860. The first kappa shape index (κ1) is 13.2. The molecule has 0 saturated carbocycles. The van der Waals surface area contributed by atoms with Crippen molar-refractivity contribution in [2.45, 2.75) is 38.6 Å². The van der Waals surface area contributed by atoms with Gasteiger partial charge in [0.2, 0.25) is 0 Å². The van der Waals surface area contributed by atoms with E-state index in [1.165, 1.54) is 24.8 Å². The molecule has 0 saturated heterocycles. The van der Waals surface area contributed by atoms with Gasteiger partial charge in [0.1, 0.15) is 0 Å². The summed E-state index contributed by atoms with van der Waals surface area (Å²) in [4.78, 5) is 0. The zero-order valence-electron chi connectivity index (χ0n) is 10.3. The highest BCUT2D eigenvalue weighted by atomic mass is 14.9. The zero-order valence-corrected chi connectivity index (χ0v) is 10.3. The standard InChI is InChI=1S/C14H24N2/c1-13(10-11-15)16-12-6-5-9-14-7-3-2-4-8-14/h2-4,7-8,13,16H,5-6,9-12,15H2,1H3. The highest BCUT2D eigenvalue weighted by Crippen LogP contribution is 2.03. The molecular formula is C14H24N2. The van der Waals surface area contributed by atoms with Crippen LogP contribution in [0.4, 0.5) is 0 Å². The molecule has 1 rings (SSSR count). The van der Waals surface area contributed by atoms with E-state index in [9.17, 15) is 0 Å². The van der Waals surface area contributed by atoms with Crippen LogP contribution >= 0.6 is 0 Å². The Morgan fingerprint density at radius 3 is 2.62 bits per heavy atom. The lowest BCUT2D eigenvalue weighted by molar-refractivity contribution is 0.505. The topological polar surface area (TPSA) is 38.0 Å². The second kappa shape index (κ2) is 8.31. The molecule has 1 unspecified atom stereocenters. The highest BCUT2D eigenvalue weighted by molar-refractivity contribution is 5.14. The number of nitrogens with two attached hydrogens (primary N) is 1. The lowest BCUT2D eigenvalue weighted by Gasteiger charge is -2.12. The Morgan fingerprint density at radius 1 is 1.19 bits per heavy atom. The first-order valence-corrected chi connectivity index (χ1v) is 6.30. The minimum absolute atomic E-state index is 0.557. The summed E-state index contributed by atoms with van der Waals surface area (Å²) >= 11 is 0. The van der Waals surface area contributed by atoms with Crippen molar-refractivity contribution in [3.8, 4) is 0 Å². The van der Waals surface area contributed by atoms with Crippen LogP contribution in [-0.4, -0.2) is 19.1 Å². The quantitative estimate of drug-likeness (QED) is 0.660. The molecule has 0 amide bonds. The maximum atomic E-state index is 5.50. The zero-order chi connectivity index (χ0) is 11.6. The largest absolute Gasteiger partial charge is 0.330 e. The van der Waals surface area contributed by atoms with Gasteiger partial charge in [-0.15, -0.1) is 0 Å². The van der Waals surface area contributed by atoms with Gasteiger partial charge in [-0.1, -0.05) is 30.3 Å². The van der Waals surface area contributed by atoms with Gasteiger partial charge in [0.25, 0.3) is 0 Å². The van der Waals surface area contributed by atoms with E-state index in [0.29, 0.717) is 6.04 Å². The van der Waals surface area contributed by atoms with Gasteiger partial charge in [0.05, 0.1) is 0 Å². The molecule has 0 aliphatic heterocycles. The molecule has 0 bridgehead atoms. The van der Waals surface area contributed by atoms with Crippen molar-refractivity contribution in [1.29, 1.82) is 0 Å². The van der Waals surface area contributed by atoms with E-state index in [4.69, 9.17) is 5.73 Å². The minimum atomic E-state index is 0.557. The van der Waals surface area contributed by atoms with Crippen molar-refractivity contribution in [2.75, 3.05) is 13.1 Å². The second-order valence-electron chi connectivity index (χ2n) is 4.38. The fourth-order valence-electron chi connectivity index (χ4n) is 1.80. The summed E-state index contributed by atoms with van der Waals surface area (Å²) in [5.41, 5.74) is 6.94. The van der Waals surface area contributed by atoms with E-state index in [1.807, 2.05) is 0 Å². The van der Waals surface area contributed by atoms with Gasteiger partial charge < -0.3 is 11.1 Å². The van der Waals surface area contributed by atoms with E-state index in [0.717, 1.165) is 19.5 Å². The fraction of sp³-hybridized carbons (Fsp3) is 0.571. The molecule has 0 aromatic heterocycles. The fourth-order valence-corrected chi connectivity index (χ4v) is 1.80. The maximum absolute atomic E-state index is 5.50. The Balaban J connectivity index is 2.00. The summed E-state index contributed by atoms with van der Waals surface area (Å²) in [6.45, 7) is 4.08. The van der Waals surface area contributed by atoms with Gasteiger partial charge in [-0.3, -0.25) is 0 Å². The molecule has 0 aliphatic rings. The third-order valence-electron chi connectivity index (χ3n) is 2.83.